The second kappa shape index (κ2) is 7.72. The van der Waals surface area contributed by atoms with E-state index in [4.69, 9.17) is 9.47 Å². The van der Waals surface area contributed by atoms with Crippen LogP contribution in [0.3, 0.4) is 0 Å². The third kappa shape index (κ3) is 4.52. The first-order chi connectivity index (χ1) is 10.2. The highest BCUT2D eigenvalue weighted by molar-refractivity contribution is 5.36. The Balaban J connectivity index is 1.98. The summed E-state index contributed by atoms with van der Waals surface area (Å²) >= 11 is 0. The van der Waals surface area contributed by atoms with E-state index in [2.05, 4.69) is 26.0 Å². The second-order valence-electron chi connectivity index (χ2n) is 5.31. The fraction of sp³-hybridized carbons (Fsp3) is 0.368. The van der Waals surface area contributed by atoms with Crippen LogP contribution in [0, 0.1) is 5.92 Å². The average molecular weight is 284 g/mol. The molecule has 2 heteroatoms. The van der Waals surface area contributed by atoms with E-state index in [9.17, 15) is 0 Å². The third-order valence-corrected chi connectivity index (χ3v) is 3.90. The lowest BCUT2D eigenvalue weighted by molar-refractivity contribution is 0.413. The normalized spacial score (nSPS) is 10.7. The Morgan fingerprint density at radius 1 is 0.762 bits per heavy atom. The minimum absolute atomic E-state index is 0.776. The molecule has 0 unspecified atom stereocenters. The van der Waals surface area contributed by atoms with Crippen LogP contribution in [0.4, 0.5) is 0 Å². The van der Waals surface area contributed by atoms with Crippen LogP contribution in [0.2, 0.25) is 0 Å². The number of hydrogen-bond acceptors (Lipinski definition) is 2. The van der Waals surface area contributed by atoms with Crippen molar-refractivity contribution in [2.45, 2.75) is 33.1 Å². The maximum atomic E-state index is 5.83. The summed E-state index contributed by atoms with van der Waals surface area (Å²) in [4.78, 5) is 0. The zero-order valence-corrected chi connectivity index (χ0v) is 13.1. The zero-order chi connectivity index (χ0) is 15.1. The van der Waals surface area contributed by atoms with Crippen LogP contribution in [0.25, 0.3) is 0 Å². The van der Waals surface area contributed by atoms with Crippen molar-refractivity contribution in [1.82, 2.24) is 0 Å². The molecule has 0 saturated carbocycles. The van der Waals surface area contributed by atoms with Gasteiger partial charge in [0.25, 0.3) is 0 Å². The molecule has 0 aliphatic heterocycles. The van der Waals surface area contributed by atoms with Gasteiger partial charge in [0.1, 0.15) is 17.2 Å². The molecule has 2 nitrogen and oxygen atoms in total. The third-order valence-electron chi connectivity index (χ3n) is 3.90. The first-order valence-electron chi connectivity index (χ1n) is 7.66. The maximum absolute atomic E-state index is 5.83. The fourth-order valence-electron chi connectivity index (χ4n) is 2.38. The fourth-order valence-corrected chi connectivity index (χ4v) is 2.38. The molecule has 112 valence electrons. The molecule has 0 N–H and O–H groups in total. The lowest BCUT2D eigenvalue weighted by atomic mass is 9.95. The van der Waals surface area contributed by atoms with Crippen LogP contribution < -0.4 is 9.47 Å². The first kappa shape index (κ1) is 15.4. The molecule has 0 heterocycles. The quantitative estimate of drug-likeness (QED) is 0.671. The van der Waals surface area contributed by atoms with Gasteiger partial charge < -0.3 is 9.47 Å². The van der Waals surface area contributed by atoms with E-state index in [-0.39, 0.29) is 0 Å². The van der Waals surface area contributed by atoms with Crippen LogP contribution in [-0.4, -0.2) is 7.11 Å². The zero-order valence-electron chi connectivity index (χ0n) is 13.1. The molecule has 2 aromatic carbocycles. The summed E-state index contributed by atoms with van der Waals surface area (Å²) in [5.41, 5.74) is 1.38. The Morgan fingerprint density at radius 2 is 1.24 bits per heavy atom. The van der Waals surface area contributed by atoms with E-state index in [0.717, 1.165) is 29.6 Å². The summed E-state index contributed by atoms with van der Waals surface area (Å²) < 4.78 is 11.0. The standard InChI is InChI=1S/C19H24O2/c1-4-15(5-2)14-16-6-8-18(9-7-16)21-19-12-10-17(20-3)11-13-19/h6-13,15H,4-5,14H2,1-3H3. The summed E-state index contributed by atoms with van der Waals surface area (Å²) in [6.45, 7) is 4.52. The highest BCUT2D eigenvalue weighted by Gasteiger charge is 2.05. The van der Waals surface area contributed by atoms with E-state index in [1.165, 1.54) is 18.4 Å². The van der Waals surface area contributed by atoms with Crippen molar-refractivity contribution in [1.29, 1.82) is 0 Å². The van der Waals surface area contributed by atoms with Crippen LogP contribution in [0.1, 0.15) is 32.3 Å². The molecule has 0 radical (unpaired) electrons. The van der Waals surface area contributed by atoms with E-state index in [1.807, 2.05) is 36.4 Å². The molecule has 2 aromatic rings. The number of hydrogen-bond donors (Lipinski definition) is 0. The van der Waals surface area contributed by atoms with E-state index in [1.54, 1.807) is 7.11 Å². The monoisotopic (exact) mass is 284 g/mol. The number of rotatable bonds is 7. The van der Waals surface area contributed by atoms with Crippen molar-refractivity contribution in [2.75, 3.05) is 7.11 Å². The van der Waals surface area contributed by atoms with Crippen LogP contribution >= 0.6 is 0 Å². The highest BCUT2D eigenvalue weighted by atomic mass is 16.5. The van der Waals surface area contributed by atoms with Crippen molar-refractivity contribution in [3.63, 3.8) is 0 Å². The highest BCUT2D eigenvalue weighted by Crippen LogP contribution is 2.25. The Kier molecular flexibility index (Phi) is 5.68. The van der Waals surface area contributed by atoms with Gasteiger partial charge in [-0.2, -0.15) is 0 Å². The predicted octanol–water partition coefficient (Wildman–Crippen LogP) is 5.47. The van der Waals surface area contributed by atoms with E-state index < -0.39 is 0 Å². The van der Waals surface area contributed by atoms with Crippen molar-refractivity contribution in [3.8, 4) is 17.2 Å². The van der Waals surface area contributed by atoms with Crippen LogP contribution in [0.5, 0.6) is 17.2 Å². The van der Waals surface area contributed by atoms with Gasteiger partial charge in [0.2, 0.25) is 0 Å². The van der Waals surface area contributed by atoms with Crippen LogP contribution in [0.15, 0.2) is 48.5 Å². The lowest BCUT2D eigenvalue weighted by Crippen LogP contribution is -2.01. The Morgan fingerprint density at radius 3 is 1.71 bits per heavy atom. The van der Waals surface area contributed by atoms with Gasteiger partial charge >= 0.3 is 0 Å². The van der Waals surface area contributed by atoms with E-state index >= 15 is 0 Å². The maximum Gasteiger partial charge on any atom is 0.127 e. The number of methoxy groups -OCH3 is 1. The summed E-state index contributed by atoms with van der Waals surface area (Å²) in [6, 6.07) is 16.0. The smallest absolute Gasteiger partial charge is 0.127 e. The molecule has 0 amide bonds. The lowest BCUT2D eigenvalue weighted by Gasteiger charge is -2.12. The first-order valence-corrected chi connectivity index (χ1v) is 7.66. The molecule has 21 heavy (non-hydrogen) atoms. The molecular weight excluding hydrogens is 260 g/mol. The molecule has 0 atom stereocenters. The average Bonchev–Trinajstić information content (AvgIpc) is 2.55. The van der Waals surface area contributed by atoms with Gasteiger partial charge in [0.05, 0.1) is 7.11 Å². The molecule has 0 aliphatic rings. The van der Waals surface area contributed by atoms with Gasteiger partial charge in [-0.1, -0.05) is 38.8 Å². The van der Waals surface area contributed by atoms with Crippen molar-refractivity contribution < 1.29 is 9.47 Å². The Labute approximate surface area is 127 Å². The largest absolute Gasteiger partial charge is 0.497 e. The molecule has 0 aliphatic carbocycles. The van der Waals surface area contributed by atoms with Crippen molar-refractivity contribution >= 4 is 0 Å². The molecule has 0 fully saturated rings. The van der Waals surface area contributed by atoms with Crippen molar-refractivity contribution in [3.05, 3.63) is 54.1 Å². The summed E-state index contributed by atoms with van der Waals surface area (Å²) in [7, 11) is 1.66. The topological polar surface area (TPSA) is 18.5 Å². The second-order valence-corrected chi connectivity index (χ2v) is 5.31. The molecule has 0 aromatic heterocycles. The summed E-state index contributed by atoms with van der Waals surface area (Å²) in [5, 5.41) is 0. The van der Waals surface area contributed by atoms with Gasteiger partial charge in [-0.15, -0.1) is 0 Å². The molecule has 0 spiro atoms. The number of ether oxygens (including phenoxy) is 2. The van der Waals surface area contributed by atoms with Gasteiger partial charge in [-0.05, 0) is 54.3 Å². The van der Waals surface area contributed by atoms with Gasteiger partial charge in [0, 0.05) is 0 Å². The molecule has 0 bridgehead atoms. The Hall–Kier alpha value is -1.96. The minimum atomic E-state index is 0.776. The molecule has 0 saturated heterocycles. The van der Waals surface area contributed by atoms with E-state index in [0.29, 0.717) is 0 Å². The van der Waals surface area contributed by atoms with Gasteiger partial charge in [-0.25, -0.2) is 0 Å². The number of benzene rings is 2. The SMILES string of the molecule is CCC(CC)Cc1ccc(Oc2ccc(OC)cc2)cc1. The van der Waals surface area contributed by atoms with Crippen molar-refractivity contribution in [2.24, 2.45) is 5.92 Å². The predicted molar refractivity (Wildman–Crippen MR) is 87.3 cm³/mol. The molecule has 2 rings (SSSR count). The minimum Gasteiger partial charge on any atom is -0.497 e. The summed E-state index contributed by atoms with van der Waals surface area (Å²) in [5.74, 6) is 3.30. The van der Waals surface area contributed by atoms with Crippen LogP contribution in [-0.2, 0) is 6.42 Å². The summed E-state index contributed by atoms with van der Waals surface area (Å²) in [6.07, 6.45) is 3.62. The Bertz CT molecular complexity index is 524. The molecular formula is C19H24O2. The van der Waals surface area contributed by atoms with Gasteiger partial charge in [0.15, 0.2) is 0 Å². The van der Waals surface area contributed by atoms with Gasteiger partial charge in [-0.3, -0.25) is 0 Å².